The van der Waals surface area contributed by atoms with Crippen molar-refractivity contribution in [3.8, 4) is 17.6 Å². The Morgan fingerprint density at radius 3 is 2.86 bits per heavy atom. The minimum absolute atomic E-state index is 0.0412. The number of hydrogen-bond acceptors (Lipinski definition) is 5. The molecule has 1 aromatic carbocycles. The molecule has 0 saturated heterocycles. The van der Waals surface area contributed by atoms with Gasteiger partial charge in [-0.1, -0.05) is 0 Å². The zero-order valence-electron chi connectivity index (χ0n) is 12.8. The molecule has 1 aromatic rings. The van der Waals surface area contributed by atoms with Gasteiger partial charge in [0.25, 0.3) is 0 Å². The molecule has 0 atom stereocenters. The van der Waals surface area contributed by atoms with E-state index >= 15 is 0 Å². The Morgan fingerprint density at radius 1 is 1.45 bits per heavy atom. The first-order chi connectivity index (χ1) is 10.5. The fourth-order valence-corrected chi connectivity index (χ4v) is 1.97. The van der Waals surface area contributed by atoms with Crippen molar-refractivity contribution < 1.29 is 19.0 Å². The topological polar surface area (TPSA) is 68.5 Å². The molecule has 0 amide bonds. The van der Waals surface area contributed by atoms with E-state index < -0.39 is 5.97 Å². The summed E-state index contributed by atoms with van der Waals surface area (Å²) in [7, 11) is 1.59. The highest BCUT2D eigenvalue weighted by Crippen LogP contribution is 2.30. The normalized spacial score (nSPS) is 13.6. The minimum atomic E-state index is -0.626. The third kappa shape index (κ3) is 3.67. The predicted molar refractivity (Wildman–Crippen MR) is 81.4 cm³/mol. The summed E-state index contributed by atoms with van der Waals surface area (Å²) in [5, 5.41) is 9.10. The van der Waals surface area contributed by atoms with Gasteiger partial charge in [0, 0.05) is 11.6 Å². The third-order valence-electron chi connectivity index (χ3n) is 2.97. The molecule has 5 nitrogen and oxygen atoms in total. The van der Waals surface area contributed by atoms with Crippen molar-refractivity contribution in [3.63, 3.8) is 0 Å². The lowest BCUT2D eigenvalue weighted by Gasteiger charge is -2.17. The van der Waals surface area contributed by atoms with E-state index in [1.54, 1.807) is 27.0 Å². The van der Waals surface area contributed by atoms with E-state index in [9.17, 15) is 4.79 Å². The van der Waals surface area contributed by atoms with E-state index in [1.165, 1.54) is 6.08 Å². The summed E-state index contributed by atoms with van der Waals surface area (Å²) < 4.78 is 15.8. The lowest BCUT2D eigenvalue weighted by atomic mass is 10.1. The molecule has 0 radical (unpaired) electrons. The summed E-state index contributed by atoms with van der Waals surface area (Å²) in [6.45, 7) is 3.75. The van der Waals surface area contributed by atoms with Crippen molar-refractivity contribution >= 4 is 12.0 Å². The maximum atomic E-state index is 11.8. The van der Waals surface area contributed by atoms with Crippen LogP contribution in [0, 0.1) is 11.3 Å². The molecule has 5 heteroatoms. The molecule has 0 spiro atoms. The number of ether oxygens (including phenoxy) is 3. The summed E-state index contributed by atoms with van der Waals surface area (Å²) in [6.07, 6.45) is 3.10. The number of nitrogens with zero attached hydrogens (tertiary/aromatic N) is 1. The molecule has 2 rings (SSSR count). The number of nitriles is 1. The molecule has 0 aliphatic carbocycles. The number of rotatable bonds is 4. The standard InChI is InChI=1S/C17H17NO4/c1-11(2)22-17(19)14(9-18)7-12-6-13-4-5-15(20-3)8-16(13)21-10-12/h4-8,11H,10H2,1-3H3/b14-7+. The highest BCUT2D eigenvalue weighted by atomic mass is 16.5. The van der Waals surface area contributed by atoms with Crippen LogP contribution in [0.3, 0.4) is 0 Å². The van der Waals surface area contributed by atoms with E-state index in [2.05, 4.69) is 0 Å². The Hall–Kier alpha value is -2.74. The van der Waals surface area contributed by atoms with Crippen LogP contribution in [0.15, 0.2) is 35.4 Å². The largest absolute Gasteiger partial charge is 0.497 e. The molecule has 114 valence electrons. The molecule has 22 heavy (non-hydrogen) atoms. The average Bonchev–Trinajstić information content (AvgIpc) is 2.51. The first-order valence-electron chi connectivity index (χ1n) is 6.87. The van der Waals surface area contributed by atoms with E-state index in [1.807, 2.05) is 24.3 Å². The lowest BCUT2D eigenvalue weighted by Crippen LogP contribution is -2.14. The molecule has 0 aromatic heterocycles. The first kappa shape index (κ1) is 15.6. The second kappa shape index (κ2) is 6.81. The van der Waals surface area contributed by atoms with Crippen LogP contribution < -0.4 is 9.47 Å². The van der Waals surface area contributed by atoms with Crippen molar-refractivity contribution in [2.24, 2.45) is 0 Å². The van der Waals surface area contributed by atoms with Gasteiger partial charge in [0.15, 0.2) is 0 Å². The molecule has 1 aliphatic heterocycles. The van der Waals surface area contributed by atoms with E-state index in [0.717, 1.165) is 11.1 Å². The number of esters is 1. The summed E-state index contributed by atoms with van der Waals surface area (Å²) in [5.41, 5.74) is 1.56. The fraction of sp³-hybridized carbons (Fsp3) is 0.294. The highest BCUT2D eigenvalue weighted by molar-refractivity contribution is 5.93. The average molecular weight is 299 g/mol. The summed E-state index contributed by atoms with van der Waals surface area (Å²) in [4.78, 5) is 11.8. The van der Waals surface area contributed by atoms with Gasteiger partial charge in [0.05, 0.1) is 13.2 Å². The third-order valence-corrected chi connectivity index (χ3v) is 2.97. The summed E-state index contributed by atoms with van der Waals surface area (Å²) >= 11 is 0. The van der Waals surface area contributed by atoms with Gasteiger partial charge in [-0.2, -0.15) is 5.26 Å². The number of hydrogen-bond donors (Lipinski definition) is 0. The Balaban J connectivity index is 2.25. The van der Waals surface area contributed by atoms with Crippen LogP contribution >= 0.6 is 0 Å². The monoisotopic (exact) mass is 299 g/mol. The molecule has 0 unspecified atom stereocenters. The Bertz CT molecular complexity index is 680. The zero-order valence-corrected chi connectivity index (χ0v) is 12.8. The van der Waals surface area contributed by atoms with Crippen LogP contribution in [0.2, 0.25) is 0 Å². The quantitative estimate of drug-likeness (QED) is 0.486. The maximum absolute atomic E-state index is 11.8. The molecule has 0 fully saturated rings. The number of methoxy groups -OCH3 is 1. The van der Waals surface area contributed by atoms with Gasteiger partial charge < -0.3 is 14.2 Å². The smallest absolute Gasteiger partial charge is 0.349 e. The number of benzene rings is 1. The molecular weight excluding hydrogens is 282 g/mol. The van der Waals surface area contributed by atoms with Gasteiger partial charge in [-0.3, -0.25) is 0 Å². The van der Waals surface area contributed by atoms with Crippen molar-refractivity contribution in [1.82, 2.24) is 0 Å². The number of carbonyl (C=O) groups excluding carboxylic acids is 1. The first-order valence-corrected chi connectivity index (χ1v) is 6.87. The Labute approximate surface area is 129 Å². The molecule has 0 N–H and O–H groups in total. The predicted octanol–water partition coefficient (Wildman–Crippen LogP) is 2.87. The van der Waals surface area contributed by atoms with Crippen LogP contribution in [-0.4, -0.2) is 25.8 Å². The molecule has 0 bridgehead atoms. The van der Waals surface area contributed by atoms with Crippen molar-refractivity contribution in [2.45, 2.75) is 20.0 Å². The van der Waals surface area contributed by atoms with Crippen molar-refractivity contribution in [2.75, 3.05) is 13.7 Å². The van der Waals surface area contributed by atoms with Gasteiger partial charge in [0.2, 0.25) is 0 Å². The van der Waals surface area contributed by atoms with Crippen LogP contribution in [0.1, 0.15) is 19.4 Å². The van der Waals surface area contributed by atoms with Gasteiger partial charge in [0.1, 0.15) is 29.7 Å². The van der Waals surface area contributed by atoms with E-state index in [0.29, 0.717) is 11.5 Å². The van der Waals surface area contributed by atoms with Crippen LogP contribution in [0.25, 0.3) is 6.08 Å². The zero-order chi connectivity index (χ0) is 16.1. The molecular formula is C17H17NO4. The van der Waals surface area contributed by atoms with Gasteiger partial charge >= 0.3 is 5.97 Å². The highest BCUT2D eigenvalue weighted by Gasteiger charge is 2.16. The van der Waals surface area contributed by atoms with Crippen molar-refractivity contribution in [1.29, 1.82) is 5.26 Å². The summed E-state index contributed by atoms with van der Waals surface area (Å²) in [6, 6.07) is 7.35. The minimum Gasteiger partial charge on any atom is -0.497 e. The Morgan fingerprint density at radius 2 is 2.23 bits per heavy atom. The summed E-state index contributed by atoms with van der Waals surface area (Å²) in [5.74, 6) is 0.794. The number of fused-ring (bicyclic) bond motifs is 1. The van der Waals surface area contributed by atoms with Crippen molar-refractivity contribution in [3.05, 3.63) is 41.0 Å². The van der Waals surface area contributed by atoms with Crippen LogP contribution in [-0.2, 0) is 9.53 Å². The molecule has 1 heterocycles. The molecule has 0 saturated carbocycles. The van der Waals surface area contributed by atoms with Gasteiger partial charge in [-0.25, -0.2) is 4.79 Å². The molecule has 1 aliphatic rings. The fourth-order valence-electron chi connectivity index (χ4n) is 1.97. The van der Waals surface area contributed by atoms with Crippen LogP contribution in [0.5, 0.6) is 11.5 Å². The van der Waals surface area contributed by atoms with E-state index in [4.69, 9.17) is 19.5 Å². The number of carbonyl (C=O) groups is 1. The Kier molecular flexibility index (Phi) is 4.84. The van der Waals surface area contributed by atoms with Gasteiger partial charge in [-0.15, -0.1) is 0 Å². The van der Waals surface area contributed by atoms with Gasteiger partial charge in [-0.05, 0) is 43.7 Å². The maximum Gasteiger partial charge on any atom is 0.349 e. The van der Waals surface area contributed by atoms with E-state index in [-0.39, 0.29) is 18.3 Å². The second-order valence-electron chi connectivity index (χ2n) is 5.04. The SMILES string of the molecule is COc1ccc2c(c1)OCC(/C=C(\C#N)C(=O)OC(C)C)=C2. The van der Waals surface area contributed by atoms with Crippen LogP contribution in [0.4, 0.5) is 0 Å². The lowest BCUT2D eigenvalue weighted by molar-refractivity contribution is -0.142. The second-order valence-corrected chi connectivity index (χ2v) is 5.04.